The number of hydrogen-bond acceptors (Lipinski definition) is 3. The Morgan fingerprint density at radius 1 is 1.14 bits per heavy atom. The van der Waals surface area contributed by atoms with E-state index in [-0.39, 0.29) is 6.42 Å². The molecule has 0 heterocycles. The second kappa shape index (κ2) is 7.61. The molecule has 2 aromatic carbocycles. The number of rotatable bonds is 7. The van der Waals surface area contributed by atoms with Gasteiger partial charge >= 0.3 is 5.97 Å². The fourth-order valence-electron chi connectivity index (χ4n) is 2.21. The molecule has 4 heteroatoms. The molecule has 4 nitrogen and oxygen atoms in total. The Morgan fingerprint density at radius 3 is 2.41 bits per heavy atom. The van der Waals surface area contributed by atoms with Crippen LogP contribution in [0.1, 0.15) is 29.2 Å². The first-order valence-corrected chi connectivity index (χ1v) is 7.12. The van der Waals surface area contributed by atoms with Gasteiger partial charge in [-0.25, -0.2) is 0 Å². The third-order valence-electron chi connectivity index (χ3n) is 3.55. The van der Waals surface area contributed by atoms with Gasteiger partial charge in [-0.1, -0.05) is 36.4 Å². The molecule has 0 aliphatic carbocycles. The summed E-state index contributed by atoms with van der Waals surface area (Å²) in [5.74, 6) is -0.135. The zero-order valence-corrected chi connectivity index (χ0v) is 12.8. The SMILES string of the molecule is CO[C@H](CC(=O)O)c1ccc(OCc2ccccc2C)cc1. The number of aliphatic carboxylic acids is 1. The maximum atomic E-state index is 10.8. The summed E-state index contributed by atoms with van der Waals surface area (Å²) < 4.78 is 11.0. The lowest BCUT2D eigenvalue weighted by atomic mass is 10.1. The van der Waals surface area contributed by atoms with Crippen LogP contribution >= 0.6 is 0 Å². The van der Waals surface area contributed by atoms with Gasteiger partial charge in [0.15, 0.2) is 0 Å². The van der Waals surface area contributed by atoms with Crippen LogP contribution in [0, 0.1) is 6.92 Å². The highest BCUT2D eigenvalue weighted by Gasteiger charge is 2.14. The standard InChI is InChI=1S/C18H20O4/c1-13-5-3-4-6-15(13)12-22-16-9-7-14(8-10-16)17(21-2)11-18(19)20/h3-10,17H,11-12H2,1-2H3,(H,19,20)/t17-/m1/s1. The maximum absolute atomic E-state index is 10.8. The fourth-order valence-corrected chi connectivity index (χ4v) is 2.21. The topological polar surface area (TPSA) is 55.8 Å². The van der Waals surface area contributed by atoms with Crippen LogP contribution in [-0.4, -0.2) is 18.2 Å². The molecule has 0 fully saturated rings. The molecule has 0 unspecified atom stereocenters. The first kappa shape index (κ1) is 16.0. The van der Waals surface area contributed by atoms with Gasteiger partial charge in [0.1, 0.15) is 12.4 Å². The number of hydrogen-bond donors (Lipinski definition) is 1. The van der Waals surface area contributed by atoms with E-state index in [9.17, 15) is 4.79 Å². The highest BCUT2D eigenvalue weighted by atomic mass is 16.5. The van der Waals surface area contributed by atoms with Gasteiger partial charge in [-0.15, -0.1) is 0 Å². The molecule has 0 amide bonds. The number of carboxylic acids is 1. The summed E-state index contributed by atoms with van der Waals surface area (Å²) in [6, 6.07) is 15.4. The van der Waals surface area contributed by atoms with Crippen LogP contribution in [-0.2, 0) is 16.1 Å². The van der Waals surface area contributed by atoms with Crippen LogP contribution in [0.5, 0.6) is 5.75 Å². The number of carboxylic acid groups (broad SMARTS) is 1. The first-order chi connectivity index (χ1) is 10.6. The van der Waals surface area contributed by atoms with E-state index in [0.717, 1.165) is 16.9 Å². The number of methoxy groups -OCH3 is 1. The smallest absolute Gasteiger partial charge is 0.306 e. The van der Waals surface area contributed by atoms with Crippen LogP contribution < -0.4 is 4.74 Å². The molecule has 0 radical (unpaired) electrons. The van der Waals surface area contributed by atoms with Crippen molar-refractivity contribution < 1.29 is 19.4 Å². The molecule has 0 aromatic heterocycles. The third kappa shape index (κ3) is 4.33. The van der Waals surface area contributed by atoms with Crippen LogP contribution in [0.4, 0.5) is 0 Å². The Labute approximate surface area is 130 Å². The average Bonchev–Trinajstić information content (AvgIpc) is 2.52. The minimum Gasteiger partial charge on any atom is -0.489 e. The highest BCUT2D eigenvalue weighted by molar-refractivity contribution is 5.67. The Morgan fingerprint density at radius 2 is 1.82 bits per heavy atom. The Kier molecular flexibility index (Phi) is 5.55. The molecule has 0 aliphatic heterocycles. The molecule has 0 aliphatic rings. The lowest BCUT2D eigenvalue weighted by Gasteiger charge is -2.14. The fraction of sp³-hybridized carbons (Fsp3) is 0.278. The summed E-state index contributed by atoms with van der Waals surface area (Å²) in [7, 11) is 1.51. The van der Waals surface area contributed by atoms with Gasteiger partial charge in [0, 0.05) is 7.11 Å². The van der Waals surface area contributed by atoms with Crippen molar-refractivity contribution in [2.75, 3.05) is 7.11 Å². The molecule has 2 aromatic rings. The zero-order valence-electron chi connectivity index (χ0n) is 12.8. The predicted molar refractivity (Wildman–Crippen MR) is 84.0 cm³/mol. The lowest BCUT2D eigenvalue weighted by Crippen LogP contribution is -2.08. The normalized spacial score (nSPS) is 11.9. The Bertz CT molecular complexity index is 619. The van der Waals surface area contributed by atoms with Crippen molar-refractivity contribution in [3.8, 4) is 5.75 Å². The number of carbonyl (C=O) groups is 1. The third-order valence-corrected chi connectivity index (χ3v) is 3.55. The van der Waals surface area contributed by atoms with Gasteiger partial charge in [0.2, 0.25) is 0 Å². The molecular formula is C18H20O4. The van der Waals surface area contributed by atoms with E-state index in [1.165, 1.54) is 12.7 Å². The monoisotopic (exact) mass is 300 g/mol. The summed E-state index contributed by atoms with van der Waals surface area (Å²) in [5.41, 5.74) is 3.17. The lowest BCUT2D eigenvalue weighted by molar-refractivity contribution is -0.139. The summed E-state index contributed by atoms with van der Waals surface area (Å²) in [4.78, 5) is 10.8. The van der Waals surface area contributed by atoms with Gasteiger partial charge in [-0.2, -0.15) is 0 Å². The maximum Gasteiger partial charge on any atom is 0.306 e. The van der Waals surface area contributed by atoms with Crippen molar-refractivity contribution in [2.24, 2.45) is 0 Å². The largest absolute Gasteiger partial charge is 0.489 e. The molecule has 0 saturated carbocycles. The highest BCUT2D eigenvalue weighted by Crippen LogP contribution is 2.23. The number of ether oxygens (including phenoxy) is 2. The minimum absolute atomic E-state index is 0.0556. The molecule has 0 spiro atoms. The van der Waals surface area contributed by atoms with Crippen molar-refractivity contribution in [1.29, 1.82) is 0 Å². The number of aryl methyl sites for hydroxylation is 1. The van der Waals surface area contributed by atoms with E-state index in [1.807, 2.05) is 42.5 Å². The van der Waals surface area contributed by atoms with E-state index in [4.69, 9.17) is 14.6 Å². The second-order valence-corrected chi connectivity index (χ2v) is 5.11. The Balaban J connectivity index is 2.00. The van der Waals surface area contributed by atoms with Crippen molar-refractivity contribution in [2.45, 2.75) is 26.1 Å². The first-order valence-electron chi connectivity index (χ1n) is 7.12. The molecule has 1 N–H and O–H groups in total. The van der Waals surface area contributed by atoms with Crippen molar-refractivity contribution >= 4 is 5.97 Å². The summed E-state index contributed by atoms with van der Waals surface area (Å²) in [6.45, 7) is 2.56. The van der Waals surface area contributed by atoms with Gasteiger partial charge < -0.3 is 14.6 Å². The van der Waals surface area contributed by atoms with Crippen LogP contribution in [0.15, 0.2) is 48.5 Å². The molecule has 0 saturated heterocycles. The minimum atomic E-state index is -0.883. The van der Waals surface area contributed by atoms with Crippen LogP contribution in [0.2, 0.25) is 0 Å². The van der Waals surface area contributed by atoms with Gasteiger partial charge in [0.25, 0.3) is 0 Å². The van der Waals surface area contributed by atoms with Crippen molar-refractivity contribution in [3.63, 3.8) is 0 Å². The molecule has 116 valence electrons. The van der Waals surface area contributed by atoms with Crippen LogP contribution in [0.3, 0.4) is 0 Å². The molecule has 2 rings (SSSR count). The molecular weight excluding hydrogens is 280 g/mol. The van der Waals surface area contributed by atoms with E-state index >= 15 is 0 Å². The van der Waals surface area contributed by atoms with Crippen LogP contribution in [0.25, 0.3) is 0 Å². The Hall–Kier alpha value is -2.33. The van der Waals surface area contributed by atoms with Crippen molar-refractivity contribution in [3.05, 3.63) is 65.2 Å². The number of benzene rings is 2. The molecule has 0 bridgehead atoms. The summed E-state index contributed by atoms with van der Waals surface area (Å²) in [5, 5.41) is 8.86. The van der Waals surface area contributed by atoms with Gasteiger partial charge in [-0.05, 0) is 35.7 Å². The van der Waals surface area contributed by atoms with E-state index in [0.29, 0.717) is 6.61 Å². The summed E-state index contributed by atoms with van der Waals surface area (Å²) in [6.07, 6.45) is -0.497. The van der Waals surface area contributed by atoms with E-state index in [2.05, 4.69) is 13.0 Å². The van der Waals surface area contributed by atoms with E-state index in [1.54, 1.807) is 0 Å². The predicted octanol–water partition coefficient (Wildman–Crippen LogP) is 3.74. The van der Waals surface area contributed by atoms with Crippen molar-refractivity contribution in [1.82, 2.24) is 0 Å². The van der Waals surface area contributed by atoms with Gasteiger partial charge in [0.05, 0.1) is 12.5 Å². The van der Waals surface area contributed by atoms with E-state index < -0.39 is 12.1 Å². The zero-order chi connectivity index (χ0) is 15.9. The van der Waals surface area contributed by atoms with Gasteiger partial charge in [-0.3, -0.25) is 4.79 Å². The summed E-state index contributed by atoms with van der Waals surface area (Å²) >= 11 is 0. The quantitative estimate of drug-likeness (QED) is 0.846. The molecule has 22 heavy (non-hydrogen) atoms. The average molecular weight is 300 g/mol. The molecule has 1 atom stereocenters. The second-order valence-electron chi connectivity index (χ2n) is 5.11.